The van der Waals surface area contributed by atoms with E-state index in [2.05, 4.69) is 10.3 Å². The van der Waals surface area contributed by atoms with Gasteiger partial charge in [-0.15, -0.1) is 0 Å². The first kappa shape index (κ1) is 15.8. The molecule has 0 aliphatic heterocycles. The highest BCUT2D eigenvalue weighted by molar-refractivity contribution is 5.95. The monoisotopic (exact) mass is 300 g/mol. The van der Waals surface area contributed by atoms with Crippen molar-refractivity contribution in [2.75, 3.05) is 0 Å². The highest BCUT2D eigenvalue weighted by Gasteiger charge is 2.33. The van der Waals surface area contributed by atoms with Crippen LogP contribution in [0.15, 0.2) is 12.1 Å². The maximum Gasteiger partial charge on any atom is 0.433 e. The lowest BCUT2D eigenvalue weighted by molar-refractivity contribution is -0.141. The van der Waals surface area contributed by atoms with Crippen LogP contribution in [-0.2, 0) is 6.18 Å². The van der Waals surface area contributed by atoms with Crippen molar-refractivity contribution < 1.29 is 18.0 Å². The number of aryl methyl sites for hydroxylation is 1. The summed E-state index contributed by atoms with van der Waals surface area (Å²) in [5.41, 5.74) is -0.644. The van der Waals surface area contributed by atoms with Crippen LogP contribution in [0, 0.1) is 6.92 Å². The summed E-state index contributed by atoms with van der Waals surface area (Å²) >= 11 is 0. The van der Waals surface area contributed by atoms with Crippen LogP contribution in [0.3, 0.4) is 0 Å². The number of carbonyl (C=O) groups is 1. The van der Waals surface area contributed by atoms with Gasteiger partial charge >= 0.3 is 6.18 Å². The second-order valence-corrected chi connectivity index (χ2v) is 5.49. The maximum atomic E-state index is 12.6. The van der Waals surface area contributed by atoms with Crippen LogP contribution in [0.1, 0.15) is 60.3 Å². The highest BCUT2D eigenvalue weighted by Crippen LogP contribution is 2.28. The Bertz CT molecular complexity index is 506. The first-order chi connectivity index (χ1) is 9.88. The third-order valence-corrected chi connectivity index (χ3v) is 3.81. The molecule has 0 spiro atoms. The average molecular weight is 300 g/mol. The Morgan fingerprint density at radius 3 is 2.33 bits per heavy atom. The standard InChI is InChI=1S/C15H19F3N2O/c1-10-12(8-9-13(19-10)15(16,17)18)14(21)20-11-6-4-2-3-5-7-11/h8-9,11H,2-7H2,1H3,(H,20,21). The smallest absolute Gasteiger partial charge is 0.349 e. The molecule has 0 aromatic carbocycles. The lowest BCUT2D eigenvalue weighted by Crippen LogP contribution is -2.35. The molecule has 1 aromatic heterocycles. The Labute approximate surface area is 122 Å². The van der Waals surface area contributed by atoms with E-state index in [-0.39, 0.29) is 23.2 Å². The second-order valence-electron chi connectivity index (χ2n) is 5.49. The van der Waals surface area contributed by atoms with E-state index in [9.17, 15) is 18.0 Å². The van der Waals surface area contributed by atoms with Gasteiger partial charge in [-0.3, -0.25) is 4.79 Å². The largest absolute Gasteiger partial charge is 0.433 e. The van der Waals surface area contributed by atoms with Crippen molar-refractivity contribution in [2.24, 2.45) is 0 Å². The Kier molecular flexibility index (Phi) is 4.85. The van der Waals surface area contributed by atoms with Gasteiger partial charge in [0.25, 0.3) is 5.91 Å². The number of halogens is 3. The van der Waals surface area contributed by atoms with Crippen LogP contribution in [0.4, 0.5) is 13.2 Å². The normalized spacial score (nSPS) is 17.3. The highest BCUT2D eigenvalue weighted by atomic mass is 19.4. The number of hydrogen-bond donors (Lipinski definition) is 1. The Morgan fingerprint density at radius 2 is 1.81 bits per heavy atom. The number of amides is 1. The zero-order valence-electron chi connectivity index (χ0n) is 12.0. The van der Waals surface area contributed by atoms with Gasteiger partial charge in [0.1, 0.15) is 5.69 Å². The number of pyridine rings is 1. The molecule has 0 radical (unpaired) electrons. The Morgan fingerprint density at radius 1 is 1.19 bits per heavy atom. The molecule has 3 nitrogen and oxygen atoms in total. The number of nitrogens with zero attached hydrogens (tertiary/aromatic N) is 1. The fourth-order valence-electron chi connectivity index (χ4n) is 2.65. The van der Waals surface area contributed by atoms with Gasteiger partial charge in [-0.05, 0) is 31.9 Å². The maximum absolute atomic E-state index is 12.6. The summed E-state index contributed by atoms with van der Waals surface area (Å²) in [4.78, 5) is 15.7. The SMILES string of the molecule is Cc1nc(C(F)(F)F)ccc1C(=O)NC1CCCCCC1. The van der Waals surface area contributed by atoms with Crippen LogP contribution >= 0.6 is 0 Å². The van der Waals surface area contributed by atoms with Crippen molar-refractivity contribution in [1.29, 1.82) is 0 Å². The first-order valence-corrected chi connectivity index (χ1v) is 7.23. The number of nitrogens with one attached hydrogen (secondary N) is 1. The van der Waals surface area contributed by atoms with Gasteiger partial charge in [0, 0.05) is 6.04 Å². The summed E-state index contributed by atoms with van der Waals surface area (Å²) in [6.07, 6.45) is 1.88. The summed E-state index contributed by atoms with van der Waals surface area (Å²) in [5, 5.41) is 2.91. The fourth-order valence-corrected chi connectivity index (χ4v) is 2.65. The minimum Gasteiger partial charge on any atom is -0.349 e. The summed E-state index contributed by atoms with van der Waals surface area (Å²) in [6.45, 7) is 1.43. The molecule has 1 heterocycles. The van der Waals surface area contributed by atoms with Gasteiger partial charge in [0.05, 0.1) is 11.3 Å². The lowest BCUT2D eigenvalue weighted by atomic mass is 10.1. The zero-order chi connectivity index (χ0) is 15.5. The molecule has 116 valence electrons. The van der Waals surface area contributed by atoms with Gasteiger partial charge in [-0.2, -0.15) is 13.2 Å². The minimum absolute atomic E-state index is 0.107. The van der Waals surface area contributed by atoms with Gasteiger partial charge in [0.15, 0.2) is 0 Å². The van der Waals surface area contributed by atoms with Gasteiger partial charge < -0.3 is 5.32 Å². The van der Waals surface area contributed by atoms with E-state index in [4.69, 9.17) is 0 Å². The topological polar surface area (TPSA) is 42.0 Å². The quantitative estimate of drug-likeness (QED) is 0.843. The van der Waals surface area contributed by atoms with Crippen molar-refractivity contribution >= 4 is 5.91 Å². The predicted octanol–water partition coefficient (Wildman–Crippen LogP) is 3.86. The molecule has 1 aliphatic rings. The molecule has 21 heavy (non-hydrogen) atoms. The van der Waals surface area contributed by atoms with Crippen LogP contribution in [0.2, 0.25) is 0 Å². The molecular formula is C15H19F3N2O. The summed E-state index contributed by atoms with van der Waals surface area (Å²) < 4.78 is 37.7. The number of alkyl halides is 3. The van der Waals surface area contributed by atoms with Crippen LogP contribution in [0.25, 0.3) is 0 Å². The molecule has 6 heteroatoms. The van der Waals surface area contributed by atoms with E-state index in [1.807, 2.05) is 0 Å². The predicted molar refractivity (Wildman–Crippen MR) is 72.9 cm³/mol. The first-order valence-electron chi connectivity index (χ1n) is 7.23. The second kappa shape index (κ2) is 6.45. The zero-order valence-corrected chi connectivity index (χ0v) is 12.0. The third kappa shape index (κ3) is 4.19. The number of rotatable bonds is 2. The van der Waals surface area contributed by atoms with Crippen molar-refractivity contribution in [1.82, 2.24) is 10.3 Å². The molecule has 0 bridgehead atoms. The van der Waals surface area contributed by atoms with Crippen LogP contribution in [-0.4, -0.2) is 16.9 Å². The number of aromatic nitrogens is 1. The Hall–Kier alpha value is -1.59. The molecule has 1 N–H and O–H groups in total. The van der Waals surface area contributed by atoms with Gasteiger partial charge in [0.2, 0.25) is 0 Å². The number of hydrogen-bond acceptors (Lipinski definition) is 2. The average Bonchev–Trinajstić information content (AvgIpc) is 2.66. The minimum atomic E-state index is -4.49. The molecule has 1 aliphatic carbocycles. The van der Waals surface area contributed by atoms with E-state index >= 15 is 0 Å². The molecule has 0 saturated heterocycles. The molecule has 0 atom stereocenters. The summed E-state index contributed by atoms with van der Waals surface area (Å²) in [6, 6.07) is 2.17. The van der Waals surface area contributed by atoms with Crippen LogP contribution < -0.4 is 5.32 Å². The van der Waals surface area contributed by atoms with E-state index in [0.29, 0.717) is 0 Å². The van der Waals surface area contributed by atoms with Gasteiger partial charge in [-0.25, -0.2) is 4.98 Å². The van der Waals surface area contributed by atoms with Crippen molar-refractivity contribution in [2.45, 2.75) is 57.7 Å². The van der Waals surface area contributed by atoms with Crippen LogP contribution in [0.5, 0.6) is 0 Å². The number of carbonyl (C=O) groups excluding carboxylic acids is 1. The summed E-state index contributed by atoms with van der Waals surface area (Å²) in [7, 11) is 0. The lowest BCUT2D eigenvalue weighted by Gasteiger charge is -2.17. The summed E-state index contributed by atoms with van der Waals surface area (Å²) in [5.74, 6) is -0.333. The molecule has 1 aromatic rings. The molecular weight excluding hydrogens is 281 g/mol. The van der Waals surface area contributed by atoms with Crippen molar-refractivity contribution in [3.8, 4) is 0 Å². The molecule has 2 rings (SSSR count). The molecule has 1 amide bonds. The molecule has 1 fully saturated rings. The molecule has 0 unspecified atom stereocenters. The van der Waals surface area contributed by atoms with E-state index in [1.54, 1.807) is 0 Å². The van der Waals surface area contributed by atoms with E-state index in [1.165, 1.54) is 25.8 Å². The Balaban J connectivity index is 2.08. The van der Waals surface area contributed by atoms with E-state index < -0.39 is 11.9 Å². The van der Waals surface area contributed by atoms with Crippen molar-refractivity contribution in [3.63, 3.8) is 0 Å². The van der Waals surface area contributed by atoms with E-state index in [0.717, 1.165) is 31.7 Å². The molecule has 1 saturated carbocycles. The third-order valence-electron chi connectivity index (χ3n) is 3.81. The van der Waals surface area contributed by atoms with Crippen molar-refractivity contribution in [3.05, 3.63) is 29.1 Å². The fraction of sp³-hybridized carbons (Fsp3) is 0.600. The van der Waals surface area contributed by atoms with Gasteiger partial charge in [-0.1, -0.05) is 25.7 Å².